The molecule has 0 saturated carbocycles. The van der Waals surface area contributed by atoms with Crippen molar-refractivity contribution in [3.63, 3.8) is 0 Å². The molecule has 0 fully saturated rings. The van der Waals surface area contributed by atoms with Crippen molar-refractivity contribution in [2.75, 3.05) is 6.54 Å². The summed E-state index contributed by atoms with van der Waals surface area (Å²) >= 11 is 0. The van der Waals surface area contributed by atoms with Gasteiger partial charge < -0.3 is 5.32 Å². The molecule has 0 spiro atoms. The molecule has 4 heteroatoms. The van der Waals surface area contributed by atoms with Crippen molar-refractivity contribution in [1.82, 2.24) is 5.32 Å². The summed E-state index contributed by atoms with van der Waals surface area (Å²) in [6, 6.07) is 4.25. The monoisotopic (exact) mass is 231 g/mol. The van der Waals surface area contributed by atoms with Crippen LogP contribution < -0.4 is 5.32 Å². The van der Waals surface area contributed by atoms with Gasteiger partial charge in [-0.1, -0.05) is 19.9 Å². The van der Waals surface area contributed by atoms with E-state index in [9.17, 15) is 13.2 Å². The standard InChI is InChI=1S/C12H16F3N/c1-3-9-5-10(8-16-4-2)7-11(6-9)12(13,14)15/h5-7,16H,3-4,8H2,1-2H3. The zero-order chi connectivity index (χ0) is 12.2. The molecular formula is C12H16F3N. The van der Waals surface area contributed by atoms with Crippen molar-refractivity contribution in [2.45, 2.75) is 33.0 Å². The van der Waals surface area contributed by atoms with E-state index < -0.39 is 11.7 Å². The zero-order valence-electron chi connectivity index (χ0n) is 9.49. The third-order valence-electron chi connectivity index (χ3n) is 2.37. The van der Waals surface area contributed by atoms with Crippen LogP contribution in [0.25, 0.3) is 0 Å². The van der Waals surface area contributed by atoms with Gasteiger partial charge in [-0.3, -0.25) is 0 Å². The number of halogens is 3. The van der Waals surface area contributed by atoms with Crippen LogP contribution in [-0.2, 0) is 19.1 Å². The molecule has 1 aromatic carbocycles. The largest absolute Gasteiger partial charge is 0.416 e. The van der Waals surface area contributed by atoms with E-state index in [0.29, 0.717) is 18.5 Å². The highest BCUT2D eigenvalue weighted by Gasteiger charge is 2.30. The molecule has 0 saturated heterocycles. The molecule has 0 aromatic heterocycles. The van der Waals surface area contributed by atoms with Gasteiger partial charge in [0.1, 0.15) is 0 Å². The molecule has 0 aliphatic carbocycles. The Morgan fingerprint density at radius 3 is 2.19 bits per heavy atom. The van der Waals surface area contributed by atoms with Crippen LogP contribution in [-0.4, -0.2) is 6.54 Å². The van der Waals surface area contributed by atoms with Gasteiger partial charge in [0.15, 0.2) is 0 Å². The number of rotatable bonds is 4. The van der Waals surface area contributed by atoms with Crippen molar-refractivity contribution < 1.29 is 13.2 Å². The molecule has 0 amide bonds. The van der Waals surface area contributed by atoms with E-state index in [1.54, 1.807) is 0 Å². The van der Waals surface area contributed by atoms with Gasteiger partial charge in [0.2, 0.25) is 0 Å². The fourth-order valence-corrected chi connectivity index (χ4v) is 1.50. The minimum atomic E-state index is -4.26. The third kappa shape index (κ3) is 3.52. The maximum Gasteiger partial charge on any atom is 0.416 e. The SMILES string of the molecule is CCNCc1cc(CC)cc(C(F)(F)F)c1. The number of aryl methyl sites for hydroxylation is 1. The quantitative estimate of drug-likeness (QED) is 0.837. The average Bonchev–Trinajstić information content (AvgIpc) is 2.24. The number of hydrogen-bond acceptors (Lipinski definition) is 1. The first-order chi connectivity index (χ1) is 7.47. The first kappa shape index (κ1) is 13.0. The van der Waals surface area contributed by atoms with E-state index in [1.807, 2.05) is 19.9 Å². The van der Waals surface area contributed by atoms with Gasteiger partial charge in [-0.2, -0.15) is 13.2 Å². The summed E-state index contributed by atoms with van der Waals surface area (Å²) in [7, 11) is 0. The highest BCUT2D eigenvalue weighted by molar-refractivity contribution is 5.32. The van der Waals surface area contributed by atoms with E-state index in [2.05, 4.69) is 5.32 Å². The maximum atomic E-state index is 12.6. The molecular weight excluding hydrogens is 215 g/mol. The Kier molecular flexibility index (Phi) is 4.35. The maximum absolute atomic E-state index is 12.6. The first-order valence-electron chi connectivity index (χ1n) is 5.38. The molecule has 1 rings (SSSR count). The highest BCUT2D eigenvalue weighted by atomic mass is 19.4. The number of hydrogen-bond donors (Lipinski definition) is 1. The second-order valence-corrected chi connectivity index (χ2v) is 3.67. The minimum Gasteiger partial charge on any atom is -0.313 e. The van der Waals surface area contributed by atoms with Gasteiger partial charge in [-0.25, -0.2) is 0 Å². The molecule has 1 nitrogen and oxygen atoms in total. The third-order valence-corrected chi connectivity index (χ3v) is 2.37. The molecule has 90 valence electrons. The second-order valence-electron chi connectivity index (χ2n) is 3.67. The van der Waals surface area contributed by atoms with Crippen LogP contribution in [0.4, 0.5) is 13.2 Å². The van der Waals surface area contributed by atoms with Crippen LogP contribution in [0.3, 0.4) is 0 Å². The zero-order valence-corrected chi connectivity index (χ0v) is 9.49. The Morgan fingerprint density at radius 2 is 1.69 bits per heavy atom. The smallest absolute Gasteiger partial charge is 0.313 e. The molecule has 0 aliphatic rings. The van der Waals surface area contributed by atoms with Crippen LogP contribution in [0.2, 0.25) is 0 Å². The van der Waals surface area contributed by atoms with Crippen molar-refractivity contribution in [3.8, 4) is 0 Å². The highest BCUT2D eigenvalue weighted by Crippen LogP contribution is 2.30. The molecule has 0 bridgehead atoms. The normalized spacial score (nSPS) is 11.8. The topological polar surface area (TPSA) is 12.0 Å². The van der Waals surface area contributed by atoms with E-state index in [-0.39, 0.29) is 0 Å². The lowest BCUT2D eigenvalue weighted by molar-refractivity contribution is -0.137. The minimum absolute atomic E-state index is 0.480. The number of alkyl halides is 3. The van der Waals surface area contributed by atoms with Crippen molar-refractivity contribution in [1.29, 1.82) is 0 Å². The molecule has 1 N–H and O–H groups in total. The molecule has 0 aliphatic heterocycles. The summed E-state index contributed by atoms with van der Waals surface area (Å²) < 4.78 is 37.8. The molecule has 0 atom stereocenters. The summed E-state index contributed by atoms with van der Waals surface area (Å²) in [5.41, 5.74) is 0.857. The summed E-state index contributed by atoms with van der Waals surface area (Å²) in [6.07, 6.45) is -3.64. The van der Waals surface area contributed by atoms with Gasteiger partial charge in [0.05, 0.1) is 5.56 Å². The lowest BCUT2D eigenvalue weighted by atomic mass is 10.0. The number of benzene rings is 1. The van der Waals surface area contributed by atoms with Crippen LogP contribution in [0.15, 0.2) is 18.2 Å². The Labute approximate surface area is 93.7 Å². The fourth-order valence-electron chi connectivity index (χ4n) is 1.50. The van der Waals surface area contributed by atoms with E-state index >= 15 is 0 Å². The Bertz CT molecular complexity index is 345. The molecule has 16 heavy (non-hydrogen) atoms. The molecule has 1 aromatic rings. The predicted molar refractivity (Wildman–Crippen MR) is 58.2 cm³/mol. The molecule has 0 unspecified atom stereocenters. The summed E-state index contributed by atoms with van der Waals surface area (Å²) in [5.74, 6) is 0. The van der Waals surface area contributed by atoms with E-state index in [1.165, 1.54) is 12.1 Å². The fraction of sp³-hybridized carbons (Fsp3) is 0.500. The van der Waals surface area contributed by atoms with E-state index in [4.69, 9.17) is 0 Å². The molecule has 0 radical (unpaired) electrons. The first-order valence-corrected chi connectivity index (χ1v) is 5.38. The van der Waals surface area contributed by atoms with Crippen LogP contribution in [0, 0.1) is 0 Å². The van der Waals surface area contributed by atoms with E-state index in [0.717, 1.165) is 12.1 Å². The van der Waals surface area contributed by atoms with Crippen molar-refractivity contribution >= 4 is 0 Å². The lowest BCUT2D eigenvalue weighted by Crippen LogP contribution is -2.13. The van der Waals surface area contributed by atoms with Crippen LogP contribution in [0.1, 0.15) is 30.5 Å². The van der Waals surface area contributed by atoms with Crippen molar-refractivity contribution in [3.05, 3.63) is 34.9 Å². The van der Waals surface area contributed by atoms with Gasteiger partial charge >= 0.3 is 6.18 Å². The van der Waals surface area contributed by atoms with Crippen LogP contribution >= 0.6 is 0 Å². The van der Waals surface area contributed by atoms with Crippen LogP contribution in [0.5, 0.6) is 0 Å². The Balaban J connectivity index is 3.01. The molecule has 0 heterocycles. The average molecular weight is 231 g/mol. The lowest BCUT2D eigenvalue weighted by Gasteiger charge is -2.11. The van der Waals surface area contributed by atoms with Gasteiger partial charge in [0.25, 0.3) is 0 Å². The van der Waals surface area contributed by atoms with Gasteiger partial charge in [-0.15, -0.1) is 0 Å². The Hall–Kier alpha value is -1.03. The second kappa shape index (κ2) is 5.34. The summed E-state index contributed by atoms with van der Waals surface area (Å²) in [6.45, 7) is 5.01. The predicted octanol–water partition coefficient (Wildman–Crippen LogP) is 3.38. The summed E-state index contributed by atoms with van der Waals surface area (Å²) in [4.78, 5) is 0. The van der Waals surface area contributed by atoms with Gasteiger partial charge in [0, 0.05) is 6.54 Å². The van der Waals surface area contributed by atoms with Crippen molar-refractivity contribution in [2.24, 2.45) is 0 Å². The number of nitrogens with one attached hydrogen (secondary N) is 1. The van der Waals surface area contributed by atoms with Gasteiger partial charge in [-0.05, 0) is 36.2 Å². The Morgan fingerprint density at radius 1 is 1.06 bits per heavy atom. The summed E-state index contributed by atoms with van der Waals surface area (Å²) in [5, 5.41) is 3.03.